The Morgan fingerprint density at radius 3 is 1.47 bits per heavy atom. The van der Waals surface area contributed by atoms with Crippen LogP contribution in [-0.4, -0.2) is 285 Å². The Balaban J connectivity index is 1.09. The summed E-state index contributed by atoms with van der Waals surface area (Å²) >= 11 is 0. The van der Waals surface area contributed by atoms with Crippen LogP contribution < -0.4 is 80.6 Å². The fourth-order valence-corrected chi connectivity index (χ4v) is 16.0. The number of β-amino-alcohol motifs (C(OH)–C–C–N with tert-alkyl or cyclic N) is 2. The zero-order valence-corrected chi connectivity index (χ0v) is 78.5. The highest BCUT2D eigenvalue weighted by Crippen LogP contribution is 2.30. The number of primary amides is 2. The molecule has 3 aromatic rings. The van der Waals surface area contributed by atoms with Gasteiger partial charge < -0.3 is 121 Å². The molecule has 22 N–H and O–H groups in total. The van der Waals surface area contributed by atoms with Gasteiger partial charge in [0.15, 0.2) is 0 Å². The first-order valence-electron chi connectivity index (χ1n) is 44.8. The van der Waals surface area contributed by atoms with Crippen molar-refractivity contribution in [1.82, 2.24) is 88.8 Å². The number of hydrogen-bond acceptors (Lipinski definition) is 22. The molecule has 0 saturated carbocycles. The standard InChI is InChI=1S/C90H139N19O22/c1-19-48(6)68(99-71(117)62(94-51(9)112)40-53-43-93-58-31-26-25-30-57(53)58)78(124)97-60(34-36-67(92)116)73(119)106-90(18,21-3)82(128)101-69(49(7)20-2)79(125)100-70(50(8)111)80(126)105-86(10,11)81(127)98-61(38-47(4)5)74(120)103-89(16,17)84(130)108-44-55(113)41-64(108)76(122)96-59(33-35-66(91)115)72(118)102-88(14,15)85(131)109-45-56(114)42-65(109)77(123)104-87(12,13)83(129)107-37-27-32-63(107)75(121)95-54(46-110)39-52-28-23-22-24-29-52/h22-26,28-31,43,47-50,54-56,59-65,68-70,93,110-111,113-114H,19-21,27,32-42,44-46H2,1-18H3,(H2,91,115)(H2,92,116)(H,94,112)(H,95,121)(H,96,122)(H,97,124)(H,98,127)(H,99,117)(H,100,125)(H,101,128)(H,102,118)(H,103,120)(H,104,123)(H,105,126)(H,106,119)/t48-,49-,50+,54-,55+,56+,59-,60-,61-,62-,63-,64-,65-,68-,69-,70-,90-/m0/s1. The van der Waals surface area contributed by atoms with Gasteiger partial charge in [0.2, 0.25) is 106 Å². The van der Waals surface area contributed by atoms with Crippen LogP contribution >= 0.6 is 0 Å². The number of aliphatic hydroxyl groups is 4. The molecule has 17 atom stereocenters. The minimum atomic E-state index is -1.97. The molecule has 0 bridgehead atoms. The number of likely N-dealkylation sites (tertiary alicyclic amines) is 3. The van der Waals surface area contributed by atoms with Crippen LogP contribution in [0.4, 0.5) is 0 Å². The van der Waals surface area contributed by atoms with Crippen LogP contribution in [0.15, 0.2) is 60.8 Å². The van der Waals surface area contributed by atoms with Crippen LogP contribution in [-0.2, 0) is 99.1 Å². The number of para-hydroxylation sites is 1. The molecule has 0 aliphatic carbocycles. The fraction of sp³-hybridized carbons (Fsp3) is 0.644. The second-order valence-corrected chi connectivity index (χ2v) is 37.6. The van der Waals surface area contributed by atoms with E-state index < -0.39 is 269 Å². The van der Waals surface area contributed by atoms with E-state index in [2.05, 4.69) is 74.1 Å². The third-order valence-electron chi connectivity index (χ3n) is 24.3. The van der Waals surface area contributed by atoms with Crippen molar-refractivity contribution in [2.24, 2.45) is 29.2 Å². The van der Waals surface area contributed by atoms with Crippen molar-refractivity contribution in [3.63, 3.8) is 0 Å². The number of amides is 18. The van der Waals surface area contributed by atoms with E-state index in [0.717, 1.165) is 26.3 Å². The molecule has 3 saturated heterocycles. The molecule has 3 aliphatic rings. The SMILES string of the molecule is CC[C@H](C)[C@H](NC(=O)[C@H](Cc1c[nH]c2ccccc12)NC(C)=O)C(=O)N[C@@H](CCC(N)=O)C(=O)N[C@@](C)(CC)C(=O)N[C@H](C(=O)N[C@H](C(=O)NC(C)(C)C(=O)N[C@@H](CC(C)C)C(=O)NC(C)(C)C(=O)N1C[C@H](O)C[C@H]1C(=O)N[C@@H](CCC(N)=O)C(=O)NC(C)(C)C(=O)N1C[C@H](O)C[C@H]1C(=O)NC(C)(C)C(=O)N1CCC[C@H]1C(=O)N[C@H](CO)Cc1ccccc1)[C@@H](C)O)[C@@H](C)CC. The summed E-state index contributed by atoms with van der Waals surface area (Å²) in [6.07, 6.45) is -3.60. The van der Waals surface area contributed by atoms with E-state index in [0.29, 0.717) is 31.2 Å². The molecule has 18 amide bonds. The van der Waals surface area contributed by atoms with Gasteiger partial charge >= 0.3 is 0 Å². The summed E-state index contributed by atoms with van der Waals surface area (Å²) < 4.78 is 0. The lowest BCUT2D eigenvalue weighted by molar-refractivity contribution is -0.148. The van der Waals surface area contributed by atoms with Gasteiger partial charge in [-0.25, -0.2) is 0 Å². The zero-order valence-electron chi connectivity index (χ0n) is 78.5. The van der Waals surface area contributed by atoms with Crippen molar-refractivity contribution in [1.29, 1.82) is 0 Å². The summed E-state index contributed by atoms with van der Waals surface area (Å²) in [5.74, 6) is -17.3. The highest BCUT2D eigenvalue weighted by molar-refractivity contribution is 6.04. The molecular weight excluding hydrogens is 1700 g/mol. The second kappa shape index (κ2) is 46.9. The van der Waals surface area contributed by atoms with Crippen molar-refractivity contribution in [2.45, 2.75) is 327 Å². The Morgan fingerprint density at radius 2 is 0.954 bits per heavy atom. The van der Waals surface area contributed by atoms with E-state index >= 15 is 0 Å². The molecule has 726 valence electrons. The second-order valence-electron chi connectivity index (χ2n) is 37.6. The first-order valence-corrected chi connectivity index (χ1v) is 44.8. The van der Waals surface area contributed by atoms with Gasteiger partial charge in [0, 0.05) is 75.8 Å². The van der Waals surface area contributed by atoms with Crippen LogP contribution in [0.5, 0.6) is 0 Å². The average Bonchev–Trinajstić information content (AvgIpc) is 1.67. The molecule has 1 aromatic heterocycles. The molecule has 3 fully saturated rings. The normalized spacial score (nSPS) is 19.5. The Bertz CT molecular complexity index is 4630. The third-order valence-corrected chi connectivity index (χ3v) is 24.3. The molecule has 41 heteroatoms. The van der Waals surface area contributed by atoms with E-state index in [-0.39, 0.29) is 57.6 Å². The molecule has 0 unspecified atom stereocenters. The van der Waals surface area contributed by atoms with E-state index in [4.69, 9.17) is 11.5 Å². The largest absolute Gasteiger partial charge is 0.394 e. The summed E-state index contributed by atoms with van der Waals surface area (Å²) in [6.45, 7) is 24.9. The van der Waals surface area contributed by atoms with E-state index in [1.54, 1.807) is 54.7 Å². The predicted molar refractivity (Wildman–Crippen MR) is 480 cm³/mol. The van der Waals surface area contributed by atoms with Gasteiger partial charge in [-0.05, 0) is 149 Å². The minimum absolute atomic E-state index is 0.0321. The van der Waals surface area contributed by atoms with Crippen LogP contribution in [0.25, 0.3) is 10.9 Å². The first-order chi connectivity index (χ1) is 61.0. The van der Waals surface area contributed by atoms with Gasteiger partial charge in [0.1, 0.15) is 88.1 Å². The summed E-state index contributed by atoms with van der Waals surface area (Å²) in [4.78, 5) is 260. The number of aliphatic hydroxyl groups excluding tert-OH is 4. The number of fused-ring (bicyclic) bond motifs is 1. The van der Waals surface area contributed by atoms with Gasteiger partial charge in [-0.2, -0.15) is 0 Å². The summed E-state index contributed by atoms with van der Waals surface area (Å²) in [5, 5.41) is 78.4. The molecule has 3 aliphatic heterocycles. The molecule has 41 nitrogen and oxygen atoms in total. The lowest BCUT2D eigenvalue weighted by Crippen LogP contribution is -2.66. The lowest BCUT2D eigenvalue weighted by Gasteiger charge is -2.37. The Morgan fingerprint density at radius 1 is 0.481 bits per heavy atom. The molecule has 0 spiro atoms. The number of aromatic nitrogens is 1. The first kappa shape index (κ1) is 108. The molecule has 4 heterocycles. The molecular formula is C90H139N19O22. The van der Waals surface area contributed by atoms with Gasteiger partial charge in [-0.15, -0.1) is 0 Å². The van der Waals surface area contributed by atoms with Crippen molar-refractivity contribution in [2.75, 3.05) is 26.2 Å². The number of benzene rings is 2. The maximum absolute atomic E-state index is 14.8. The van der Waals surface area contributed by atoms with E-state index in [1.807, 2.05) is 54.6 Å². The number of aromatic amines is 1. The molecule has 0 radical (unpaired) electrons. The molecule has 6 rings (SSSR count). The highest BCUT2D eigenvalue weighted by Gasteiger charge is 2.51. The number of hydrogen-bond donors (Lipinski definition) is 20. The van der Waals surface area contributed by atoms with E-state index in [9.17, 15) is 107 Å². The number of nitrogens with zero attached hydrogens (tertiary/aromatic N) is 3. The third kappa shape index (κ3) is 29.6. The smallest absolute Gasteiger partial charge is 0.248 e. The zero-order chi connectivity index (χ0) is 98.4. The molecule has 131 heavy (non-hydrogen) atoms. The number of nitrogens with one attached hydrogen (secondary N) is 14. The number of rotatable bonds is 47. The summed E-state index contributed by atoms with van der Waals surface area (Å²) in [7, 11) is 0. The quantitative estimate of drug-likeness (QED) is 0.0282. The number of carbonyl (C=O) groups excluding carboxylic acids is 18. The maximum atomic E-state index is 14.8. The van der Waals surface area contributed by atoms with Crippen molar-refractivity contribution in [3.05, 3.63) is 71.9 Å². The Kier molecular flexibility index (Phi) is 38.7. The highest BCUT2D eigenvalue weighted by atomic mass is 16.3. The van der Waals surface area contributed by atoms with E-state index in [1.165, 1.54) is 81.1 Å². The minimum Gasteiger partial charge on any atom is -0.394 e. The van der Waals surface area contributed by atoms with Gasteiger partial charge in [0.25, 0.3) is 0 Å². The van der Waals surface area contributed by atoms with Crippen LogP contribution in [0, 0.1) is 17.8 Å². The Hall–Kier alpha value is -11.7. The predicted octanol–water partition coefficient (Wildman–Crippen LogP) is -2.33. The topological polar surface area (TPSA) is 622 Å². The van der Waals surface area contributed by atoms with Crippen LogP contribution in [0.2, 0.25) is 0 Å². The van der Waals surface area contributed by atoms with Crippen LogP contribution in [0.3, 0.4) is 0 Å². The lowest BCUT2D eigenvalue weighted by atomic mass is 9.92. The monoisotopic (exact) mass is 1840 g/mol. The summed E-state index contributed by atoms with van der Waals surface area (Å²) in [6, 6.07) is 1.48. The number of nitrogens with two attached hydrogens (primary N) is 2. The van der Waals surface area contributed by atoms with Crippen molar-refractivity contribution < 1.29 is 107 Å². The number of H-pyrrole nitrogens is 1. The maximum Gasteiger partial charge on any atom is 0.248 e. The molecule has 2 aromatic carbocycles. The van der Waals surface area contributed by atoms with Gasteiger partial charge in [-0.1, -0.05) is 110 Å². The van der Waals surface area contributed by atoms with Crippen LogP contribution in [0.1, 0.15) is 213 Å². The summed E-state index contributed by atoms with van der Waals surface area (Å²) in [5.41, 5.74) is 3.98. The Labute approximate surface area is 763 Å². The average molecular weight is 1840 g/mol. The van der Waals surface area contributed by atoms with Gasteiger partial charge in [-0.3, -0.25) is 86.3 Å². The van der Waals surface area contributed by atoms with Crippen molar-refractivity contribution >= 4 is 117 Å². The number of carbonyl (C=O) groups is 18. The van der Waals surface area contributed by atoms with Gasteiger partial charge in [0.05, 0.1) is 31.0 Å². The van der Waals surface area contributed by atoms with Crippen molar-refractivity contribution in [3.8, 4) is 0 Å². The fourth-order valence-electron chi connectivity index (χ4n) is 16.0.